The van der Waals surface area contributed by atoms with Crippen LogP contribution in [-0.2, 0) is 4.79 Å². The summed E-state index contributed by atoms with van der Waals surface area (Å²) >= 11 is 0. The van der Waals surface area contributed by atoms with E-state index in [0.717, 1.165) is 24.8 Å². The van der Waals surface area contributed by atoms with Crippen LogP contribution in [0.5, 0.6) is 17.2 Å². The molecule has 9 heteroatoms. The number of methoxy groups -OCH3 is 1. The number of nitro benzene ring substituents is 1. The van der Waals surface area contributed by atoms with Gasteiger partial charge in [-0.1, -0.05) is 26.0 Å². The number of nitro groups is 1. The highest BCUT2D eigenvalue weighted by atomic mass is 16.6. The number of nitrogens with zero attached hydrogens (tertiary/aromatic N) is 2. The number of amides is 1. The number of rotatable bonds is 9. The van der Waals surface area contributed by atoms with Crippen molar-refractivity contribution in [1.29, 1.82) is 0 Å². The van der Waals surface area contributed by atoms with Crippen LogP contribution in [0.1, 0.15) is 37.3 Å². The second-order valence-electron chi connectivity index (χ2n) is 6.30. The minimum atomic E-state index is -0.627. The zero-order chi connectivity index (χ0) is 21.4. The SMILES string of the molecule is CCC(C)c1ccc(OCC(=O)NN=Cc2cc([N+](=O)[O-])cc(OC)c2O)cc1. The number of ether oxygens (including phenoxy) is 2. The molecule has 9 nitrogen and oxygen atoms in total. The Hall–Kier alpha value is -3.62. The van der Waals surface area contributed by atoms with Gasteiger partial charge in [0.1, 0.15) is 5.75 Å². The van der Waals surface area contributed by atoms with Crippen molar-refractivity contribution in [2.75, 3.05) is 13.7 Å². The fourth-order valence-corrected chi connectivity index (χ4v) is 2.46. The summed E-state index contributed by atoms with van der Waals surface area (Å²) in [6.45, 7) is 3.99. The molecule has 0 aliphatic heterocycles. The third-order valence-corrected chi connectivity index (χ3v) is 4.34. The summed E-state index contributed by atoms with van der Waals surface area (Å²) in [6.07, 6.45) is 2.12. The average molecular weight is 401 g/mol. The molecule has 0 saturated heterocycles. The molecule has 0 bridgehead atoms. The topological polar surface area (TPSA) is 123 Å². The van der Waals surface area contributed by atoms with Crippen LogP contribution < -0.4 is 14.9 Å². The number of hydrazone groups is 1. The highest BCUT2D eigenvalue weighted by Gasteiger charge is 2.15. The molecule has 154 valence electrons. The number of phenols is 1. The van der Waals surface area contributed by atoms with Crippen LogP contribution in [0.25, 0.3) is 0 Å². The molecule has 2 aromatic carbocycles. The molecule has 1 unspecified atom stereocenters. The van der Waals surface area contributed by atoms with E-state index in [9.17, 15) is 20.0 Å². The van der Waals surface area contributed by atoms with Gasteiger partial charge in [0.15, 0.2) is 18.1 Å². The lowest BCUT2D eigenvalue weighted by Gasteiger charge is -2.10. The van der Waals surface area contributed by atoms with Gasteiger partial charge in [-0.15, -0.1) is 0 Å². The number of hydrogen-bond acceptors (Lipinski definition) is 7. The summed E-state index contributed by atoms with van der Waals surface area (Å²) in [6, 6.07) is 9.71. The van der Waals surface area contributed by atoms with E-state index < -0.39 is 10.8 Å². The van der Waals surface area contributed by atoms with E-state index in [2.05, 4.69) is 24.4 Å². The number of carbonyl (C=O) groups is 1. The van der Waals surface area contributed by atoms with Gasteiger partial charge >= 0.3 is 0 Å². The minimum absolute atomic E-state index is 0.0258. The molecule has 0 aromatic heterocycles. The molecule has 29 heavy (non-hydrogen) atoms. The molecule has 2 N–H and O–H groups in total. The third-order valence-electron chi connectivity index (χ3n) is 4.34. The summed E-state index contributed by atoms with van der Waals surface area (Å²) < 4.78 is 10.3. The Morgan fingerprint density at radius 2 is 2.03 bits per heavy atom. The van der Waals surface area contributed by atoms with Gasteiger partial charge in [-0.3, -0.25) is 14.9 Å². The largest absolute Gasteiger partial charge is 0.504 e. The summed E-state index contributed by atoms with van der Waals surface area (Å²) in [5.41, 5.74) is 3.18. The molecule has 0 radical (unpaired) electrons. The maximum absolute atomic E-state index is 11.9. The van der Waals surface area contributed by atoms with Crippen LogP contribution in [-0.4, -0.2) is 35.9 Å². The van der Waals surface area contributed by atoms with Crippen molar-refractivity contribution >= 4 is 17.8 Å². The number of phenolic OH excluding ortho intramolecular Hbond substituents is 1. The summed E-state index contributed by atoms with van der Waals surface area (Å²) in [5.74, 6) is 0.0804. The second kappa shape index (κ2) is 10.1. The zero-order valence-electron chi connectivity index (χ0n) is 16.4. The van der Waals surface area contributed by atoms with Crippen LogP contribution >= 0.6 is 0 Å². The van der Waals surface area contributed by atoms with Gasteiger partial charge in [0.25, 0.3) is 11.6 Å². The van der Waals surface area contributed by atoms with Crippen molar-refractivity contribution in [1.82, 2.24) is 5.43 Å². The lowest BCUT2D eigenvalue weighted by molar-refractivity contribution is -0.385. The van der Waals surface area contributed by atoms with Gasteiger partial charge in [0.05, 0.1) is 24.3 Å². The monoisotopic (exact) mass is 401 g/mol. The molecular weight excluding hydrogens is 378 g/mol. The lowest BCUT2D eigenvalue weighted by Crippen LogP contribution is -2.24. The van der Waals surface area contributed by atoms with Gasteiger partial charge in [-0.05, 0) is 30.0 Å². The van der Waals surface area contributed by atoms with Crippen molar-refractivity contribution in [3.8, 4) is 17.2 Å². The molecule has 0 aliphatic carbocycles. The molecular formula is C20H23N3O6. The molecule has 0 spiro atoms. The molecule has 2 rings (SSSR count). The van der Waals surface area contributed by atoms with Gasteiger partial charge in [0.2, 0.25) is 0 Å². The fraction of sp³-hybridized carbons (Fsp3) is 0.300. The minimum Gasteiger partial charge on any atom is -0.504 e. The van der Waals surface area contributed by atoms with Crippen molar-refractivity contribution in [3.05, 3.63) is 57.6 Å². The van der Waals surface area contributed by atoms with Gasteiger partial charge in [0, 0.05) is 11.6 Å². The maximum Gasteiger partial charge on any atom is 0.277 e. The predicted octanol–water partition coefficient (Wildman–Crippen LogP) is 3.35. The Balaban J connectivity index is 1.94. The fourth-order valence-electron chi connectivity index (χ4n) is 2.46. The van der Waals surface area contributed by atoms with Crippen LogP contribution in [0, 0.1) is 10.1 Å². The first-order valence-electron chi connectivity index (χ1n) is 8.95. The van der Waals surface area contributed by atoms with Crippen molar-refractivity contribution < 1.29 is 24.3 Å². The molecule has 0 aliphatic rings. The van der Waals surface area contributed by atoms with Gasteiger partial charge in [-0.25, -0.2) is 5.43 Å². The van der Waals surface area contributed by atoms with Crippen molar-refractivity contribution in [2.24, 2.45) is 5.10 Å². The Labute approximate surface area is 168 Å². The molecule has 0 fully saturated rings. The molecule has 0 saturated carbocycles. The molecule has 1 atom stereocenters. The van der Waals surface area contributed by atoms with Crippen LogP contribution in [0.4, 0.5) is 5.69 Å². The third kappa shape index (κ3) is 5.93. The maximum atomic E-state index is 11.9. The first kappa shape index (κ1) is 21.7. The zero-order valence-corrected chi connectivity index (χ0v) is 16.4. The second-order valence-corrected chi connectivity index (χ2v) is 6.30. The predicted molar refractivity (Wildman–Crippen MR) is 108 cm³/mol. The van der Waals surface area contributed by atoms with E-state index in [1.165, 1.54) is 12.7 Å². The average Bonchev–Trinajstić information content (AvgIpc) is 2.73. The molecule has 2 aromatic rings. The summed E-state index contributed by atoms with van der Waals surface area (Å²) in [7, 11) is 1.27. The quantitative estimate of drug-likeness (QED) is 0.377. The lowest BCUT2D eigenvalue weighted by atomic mass is 9.99. The number of aromatic hydroxyl groups is 1. The molecule has 0 heterocycles. The van der Waals surface area contributed by atoms with Crippen LogP contribution in [0.2, 0.25) is 0 Å². The number of hydrogen-bond donors (Lipinski definition) is 2. The number of carbonyl (C=O) groups excluding carboxylic acids is 1. The highest BCUT2D eigenvalue weighted by Crippen LogP contribution is 2.33. The Morgan fingerprint density at radius 1 is 1.34 bits per heavy atom. The van der Waals surface area contributed by atoms with E-state index in [1.54, 1.807) is 12.1 Å². The first-order chi connectivity index (χ1) is 13.8. The standard InChI is InChI=1S/C20H23N3O6/c1-4-13(2)14-5-7-17(8-6-14)29-12-19(24)22-21-11-15-9-16(23(26)27)10-18(28-3)20(15)25/h5-11,13,25H,4,12H2,1-3H3,(H,22,24). The molecule has 1 amide bonds. The van der Waals surface area contributed by atoms with Crippen molar-refractivity contribution in [2.45, 2.75) is 26.2 Å². The summed E-state index contributed by atoms with van der Waals surface area (Å²) in [5, 5.41) is 24.7. The van der Waals surface area contributed by atoms with E-state index in [0.29, 0.717) is 11.7 Å². The first-order valence-corrected chi connectivity index (χ1v) is 8.95. The number of benzene rings is 2. The van der Waals surface area contributed by atoms with E-state index in [1.807, 2.05) is 12.1 Å². The highest BCUT2D eigenvalue weighted by molar-refractivity contribution is 5.87. The van der Waals surface area contributed by atoms with E-state index in [-0.39, 0.29) is 29.4 Å². The van der Waals surface area contributed by atoms with Crippen LogP contribution in [0.3, 0.4) is 0 Å². The number of non-ortho nitro benzene ring substituents is 1. The normalized spacial score (nSPS) is 11.8. The Morgan fingerprint density at radius 3 is 2.62 bits per heavy atom. The Bertz CT molecular complexity index is 896. The smallest absolute Gasteiger partial charge is 0.277 e. The number of nitrogens with one attached hydrogen (secondary N) is 1. The van der Waals surface area contributed by atoms with E-state index in [4.69, 9.17) is 9.47 Å². The Kier molecular flexibility index (Phi) is 7.53. The van der Waals surface area contributed by atoms with Gasteiger partial charge in [-0.2, -0.15) is 5.10 Å². The van der Waals surface area contributed by atoms with E-state index >= 15 is 0 Å². The van der Waals surface area contributed by atoms with Crippen molar-refractivity contribution in [3.63, 3.8) is 0 Å². The van der Waals surface area contributed by atoms with Crippen LogP contribution in [0.15, 0.2) is 41.5 Å². The van der Waals surface area contributed by atoms with Gasteiger partial charge < -0.3 is 14.6 Å². The summed E-state index contributed by atoms with van der Waals surface area (Å²) in [4.78, 5) is 22.2.